The first kappa shape index (κ1) is 7.84. The van der Waals surface area contributed by atoms with Gasteiger partial charge in [-0.25, -0.2) is 4.79 Å². The maximum atomic E-state index is 10.5. The SMILES string of the molecule is NC(=O)N1CCC1CC(=O)O. The highest BCUT2D eigenvalue weighted by molar-refractivity contribution is 5.75. The van der Waals surface area contributed by atoms with E-state index in [0.717, 1.165) is 6.42 Å². The molecule has 0 saturated carbocycles. The third-order valence-electron chi connectivity index (χ3n) is 1.84. The van der Waals surface area contributed by atoms with Crippen molar-refractivity contribution in [1.29, 1.82) is 0 Å². The van der Waals surface area contributed by atoms with Crippen LogP contribution in [0.3, 0.4) is 0 Å². The van der Waals surface area contributed by atoms with Crippen molar-refractivity contribution in [2.24, 2.45) is 5.73 Å². The Bertz CT molecular complexity index is 192. The van der Waals surface area contributed by atoms with E-state index in [9.17, 15) is 9.59 Å². The predicted octanol–water partition coefficient (Wildman–Crippen LogP) is -0.386. The molecule has 1 fully saturated rings. The number of nitrogens with two attached hydrogens (primary N) is 1. The highest BCUT2D eigenvalue weighted by Gasteiger charge is 2.32. The molecule has 1 heterocycles. The van der Waals surface area contributed by atoms with E-state index in [0.29, 0.717) is 6.54 Å². The summed E-state index contributed by atoms with van der Waals surface area (Å²) in [4.78, 5) is 22.1. The molecule has 3 N–H and O–H groups in total. The summed E-state index contributed by atoms with van der Waals surface area (Å²) in [5.74, 6) is -0.888. The third kappa shape index (κ3) is 1.60. The summed E-state index contributed by atoms with van der Waals surface area (Å²) >= 11 is 0. The fraction of sp³-hybridized carbons (Fsp3) is 0.667. The monoisotopic (exact) mass is 158 g/mol. The van der Waals surface area contributed by atoms with E-state index in [1.54, 1.807) is 0 Å². The fourth-order valence-corrected chi connectivity index (χ4v) is 1.14. The summed E-state index contributed by atoms with van der Waals surface area (Å²) in [7, 11) is 0. The lowest BCUT2D eigenvalue weighted by Crippen LogP contribution is -2.54. The highest BCUT2D eigenvalue weighted by Crippen LogP contribution is 2.19. The molecular formula is C6H10N2O3. The number of urea groups is 1. The van der Waals surface area contributed by atoms with Gasteiger partial charge in [0.2, 0.25) is 0 Å². The molecule has 1 atom stereocenters. The van der Waals surface area contributed by atoms with Crippen molar-refractivity contribution < 1.29 is 14.7 Å². The number of amides is 2. The second-order valence-corrected chi connectivity index (χ2v) is 2.57. The largest absolute Gasteiger partial charge is 0.481 e. The molecule has 5 heteroatoms. The number of nitrogens with zero attached hydrogens (tertiary/aromatic N) is 1. The third-order valence-corrected chi connectivity index (χ3v) is 1.84. The minimum atomic E-state index is -0.888. The maximum Gasteiger partial charge on any atom is 0.315 e. The quantitative estimate of drug-likeness (QED) is 0.574. The smallest absolute Gasteiger partial charge is 0.315 e. The van der Waals surface area contributed by atoms with E-state index in [1.165, 1.54) is 4.90 Å². The van der Waals surface area contributed by atoms with Gasteiger partial charge in [-0.05, 0) is 6.42 Å². The molecule has 0 bridgehead atoms. The Morgan fingerprint density at radius 1 is 1.64 bits per heavy atom. The Balaban J connectivity index is 2.37. The molecule has 1 saturated heterocycles. The Morgan fingerprint density at radius 2 is 2.27 bits per heavy atom. The summed E-state index contributed by atoms with van der Waals surface area (Å²) in [6.45, 7) is 0.591. The van der Waals surface area contributed by atoms with Crippen molar-refractivity contribution in [3.63, 3.8) is 0 Å². The first-order valence-electron chi connectivity index (χ1n) is 3.39. The zero-order valence-corrected chi connectivity index (χ0v) is 5.99. The second kappa shape index (κ2) is 2.77. The van der Waals surface area contributed by atoms with Crippen LogP contribution in [-0.2, 0) is 4.79 Å². The van der Waals surface area contributed by atoms with Crippen molar-refractivity contribution in [3.8, 4) is 0 Å². The number of carbonyl (C=O) groups excluding carboxylic acids is 1. The molecule has 1 aliphatic heterocycles. The van der Waals surface area contributed by atoms with Crippen LogP contribution in [-0.4, -0.2) is 34.6 Å². The summed E-state index contributed by atoms with van der Waals surface area (Å²) in [6, 6.07) is -0.701. The number of hydrogen-bond acceptors (Lipinski definition) is 2. The van der Waals surface area contributed by atoms with Crippen LogP contribution in [0, 0.1) is 0 Å². The standard InChI is InChI=1S/C6H10N2O3/c7-6(11)8-2-1-4(8)3-5(9)10/h4H,1-3H2,(H2,7,11)(H,9,10). The zero-order chi connectivity index (χ0) is 8.43. The van der Waals surface area contributed by atoms with Gasteiger partial charge in [-0.2, -0.15) is 0 Å². The van der Waals surface area contributed by atoms with Gasteiger partial charge < -0.3 is 15.7 Å². The van der Waals surface area contributed by atoms with Crippen LogP contribution in [0.1, 0.15) is 12.8 Å². The number of rotatable bonds is 2. The van der Waals surface area contributed by atoms with Gasteiger partial charge in [-0.15, -0.1) is 0 Å². The Hall–Kier alpha value is -1.26. The minimum Gasteiger partial charge on any atom is -0.481 e. The van der Waals surface area contributed by atoms with Gasteiger partial charge in [0.25, 0.3) is 0 Å². The van der Waals surface area contributed by atoms with Crippen LogP contribution >= 0.6 is 0 Å². The topological polar surface area (TPSA) is 83.6 Å². The zero-order valence-electron chi connectivity index (χ0n) is 5.99. The number of carboxylic acid groups (broad SMARTS) is 1. The van der Waals surface area contributed by atoms with Gasteiger partial charge >= 0.3 is 12.0 Å². The summed E-state index contributed by atoms with van der Waals surface area (Å²) in [6.07, 6.45) is 0.748. The van der Waals surface area contributed by atoms with Crippen molar-refractivity contribution in [2.75, 3.05) is 6.54 Å². The number of carbonyl (C=O) groups is 2. The second-order valence-electron chi connectivity index (χ2n) is 2.57. The predicted molar refractivity (Wildman–Crippen MR) is 36.9 cm³/mol. The van der Waals surface area contributed by atoms with Crippen molar-refractivity contribution in [3.05, 3.63) is 0 Å². The van der Waals surface area contributed by atoms with Gasteiger partial charge in [0, 0.05) is 12.6 Å². The molecule has 5 nitrogen and oxygen atoms in total. The van der Waals surface area contributed by atoms with Crippen LogP contribution in [0.5, 0.6) is 0 Å². The number of likely N-dealkylation sites (tertiary alicyclic amines) is 1. The highest BCUT2D eigenvalue weighted by atomic mass is 16.4. The normalized spacial score (nSPS) is 22.5. The molecule has 62 valence electrons. The van der Waals surface area contributed by atoms with E-state index in [1.807, 2.05) is 0 Å². The summed E-state index contributed by atoms with van der Waals surface area (Å²) < 4.78 is 0. The minimum absolute atomic E-state index is 0.00292. The molecule has 0 spiro atoms. The lowest BCUT2D eigenvalue weighted by atomic mass is 10.0. The van der Waals surface area contributed by atoms with Crippen molar-refractivity contribution in [1.82, 2.24) is 4.90 Å². The first-order valence-corrected chi connectivity index (χ1v) is 3.39. The van der Waals surface area contributed by atoms with Crippen LogP contribution < -0.4 is 5.73 Å². The molecule has 1 aliphatic rings. The van der Waals surface area contributed by atoms with Crippen molar-refractivity contribution in [2.45, 2.75) is 18.9 Å². The van der Waals surface area contributed by atoms with Gasteiger partial charge in [-0.3, -0.25) is 4.79 Å². The molecule has 0 radical (unpaired) electrons. The Kier molecular flexibility index (Phi) is 1.98. The number of primary amides is 1. The van der Waals surface area contributed by atoms with E-state index < -0.39 is 12.0 Å². The number of carboxylic acids is 1. The van der Waals surface area contributed by atoms with E-state index in [-0.39, 0.29) is 12.5 Å². The lowest BCUT2D eigenvalue weighted by Gasteiger charge is -2.38. The average molecular weight is 158 g/mol. The molecule has 1 unspecified atom stereocenters. The molecule has 0 aromatic carbocycles. The molecule has 11 heavy (non-hydrogen) atoms. The van der Waals surface area contributed by atoms with Crippen LogP contribution in [0.2, 0.25) is 0 Å². The van der Waals surface area contributed by atoms with Crippen LogP contribution in [0.4, 0.5) is 4.79 Å². The van der Waals surface area contributed by atoms with E-state index >= 15 is 0 Å². The molecule has 1 rings (SSSR count). The van der Waals surface area contributed by atoms with E-state index in [2.05, 4.69) is 0 Å². The summed E-state index contributed by atoms with van der Waals surface area (Å²) in [5, 5.41) is 8.37. The van der Waals surface area contributed by atoms with Crippen molar-refractivity contribution >= 4 is 12.0 Å². The number of aliphatic carboxylic acids is 1. The van der Waals surface area contributed by atoms with Gasteiger partial charge in [0.05, 0.1) is 6.42 Å². The van der Waals surface area contributed by atoms with Crippen LogP contribution in [0.25, 0.3) is 0 Å². The van der Waals surface area contributed by atoms with Gasteiger partial charge in [0.15, 0.2) is 0 Å². The van der Waals surface area contributed by atoms with Crippen LogP contribution in [0.15, 0.2) is 0 Å². The molecule has 0 aromatic heterocycles. The molecule has 0 aromatic rings. The molecule has 0 aliphatic carbocycles. The first-order chi connectivity index (χ1) is 5.11. The Morgan fingerprint density at radius 3 is 2.55 bits per heavy atom. The molecule has 2 amide bonds. The fourth-order valence-electron chi connectivity index (χ4n) is 1.14. The van der Waals surface area contributed by atoms with Gasteiger partial charge in [0.1, 0.15) is 0 Å². The molecular weight excluding hydrogens is 148 g/mol. The van der Waals surface area contributed by atoms with Gasteiger partial charge in [-0.1, -0.05) is 0 Å². The Labute approximate surface area is 63.8 Å². The van der Waals surface area contributed by atoms with E-state index in [4.69, 9.17) is 10.8 Å². The maximum absolute atomic E-state index is 10.5. The number of hydrogen-bond donors (Lipinski definition) is 2. The lowest BCUT2D eigenvalue weighted by molar-refractivity contribution is -0.139. The summed E-state index contributed by atoms with van der Waals surface area (Å²) in [5.41, 5.74) is 4.96. The average Bonchev–Trinajstić information content (AvgIpc) is 1.78.